The van der Waals surface area contributed by atoms with Gasteiger partial charge in [-0.25, -0.2) is 8.42 Å². The number of nitrogens with zero attached hydrogens (tertiary/aromatic N) is 2. The Balaban J connectivity index is 0.00000625. The highest BCUT2D eigenvalue weighted by Gasteiger charge is 2.04. The van der Waals surface area contributed by atoms with Crippen molar-refractivity contribution in [3.8, 4) is 0 Å². The molecule has 0 fully saturated rings. The van der Waals surface area contributed by atoms with Crippen molar-refractivity contribution in [1.82, 2.24) is 10.6 Å². The van der Waals surface area contributed by atoms with Gasteiger partial charge in [0.25, 0.3) is 0 Å². The number of nitrogens with one attached hydrogen (secondary N) is 2. The lowest BCUT2D eigenvalue weighted by atomic mass is 10.2. The van der Waals surface area contributed by atoms with Crippen LogP contribution in [0.25, 0.3) is 0 Å². The molecule has 1 rings (SSSR count). The Kier molecular flexibility index (Phi) is 13.5. The quantitative estimate of drug-likeness (QED) is 0.213. The van der Waals surface area contributed by atoms with Crippen molar-refractivity contribution in [3.63, 3.8) is 0 Å². The second-order valence-corrected chi connectivity index (χ2v) is 8.20. The molecule has 26 heavy (non-hydrogen) atoms. The maximum absolute atomic E-state index is 11.1. The molecule has 0 aliphatic rings. The fraction of sp³-hybridized carbons (Fsp3) is 0.611. The van der Waals surface area contributed by atoms with Crippen LogP contribution in [0.1, 0.15) is 26.7 Å². The number of para-hydroxylation sites is 1. The maximum Gasteiger partial charge on any atom is 0.191 e. The molecule has 8 heteroatoms. The zero-order valence-electron chi connectivity index (χ0n) is 16.1. The van der Waals surface area contributed by atoms with Gasteiger partial charge >= 0.3 is 0 Å². The van der Waals surface area contributed by atoms with Gasteiger partial charge in [-0.1, -0.05) is 18.2 Å². The van der Waals surface area contributed by atoms with E-state index in [0.29, 0.717) is 13.0 Å². The van der Waals surface area contributed by atoms with Crippen molar-refractivity contribution in [2.45, 2.75) is 26.7 Å². The summed E-state index contributed by atoms with van der Waals surface area (Å²) >= 11 is 0. The molecule has 0 radical (unpaired) electrons. The number of anilines is 1. The number of aliphatic imine (C=N–C) groups is 1. The normalized spacial score (nSPS) is 11.6. The first-order chi connectivity index (χ1) is 12.0. The minimum Gasteiger partial charge on any atom is -0.372 e. The van der Waals surface area contributed by atoms with Crippen LogP contribution < -0.4 is 15.5 Å². The van der Waals surface area contributed by atoms with Crippen LogP contribution in [0.5, 0.6) is 0 Å². The first-order valence-corrected chi connectivity index (χ1v) is 11.0. The molecule has 0 heterocycles. The molecule has 1 aromatic rings. The molecule has 150 valence electrons. The SMILES string of the molecule is CCNC(=NCCCN(CC)c1ccccc1)NCCCS(C)(=O)=O.I. The Hall–Kier alpha value is -1.03. The highest BCUT2D eigenvalue weighted by atomic mass is 127. The van der Waals surface area contributed by atoms with Crippen LogP contribution in [-0.4, -0.2) is 59.1 Å². The molecule has 1 aromatic carbocycles. The van der Waals surface area contributed by atoms with Gasteiger partial charge in [-0.15, -0.1) is 24.0 Å². The Morgan fingerprint density at radius 3 is 2.38 bits per heavy atom. The number of hydrogen-bond donors (Lipinski definition) is 2. The van der Waals surface area contributed by atoms with Gasteiger partial charge in [0.15, 0.2) is 5.96 Å². The van der Waals surface area contributed by atoms with E-state index < -0.39 is 9.84 Å². The molecule has 0 aromatic heterocycles. The van der Waals surface area contributed by atoms with Crippen molar-refractivity contribution < 1.29 is 8.42 Å². The second-order valence-electron chi connectivity index (χ2n) is 5.94. The van der Waals surface area contributed by atoms with Crippen LogP contribution >= 0.6 is 24.0 Å². The largest absolute Gasteiger partial charge is 0.372 e. The molecule has 0 atom stereocenters. The second kappa shape index (κ2) is 14.1. The number of benzene rings is 1. The molecular weight excluding hydrogens is 463 g/mol. The minimum absolute atomic E-state index is 0. The Morgan fingerprint density at radius 1 is 1.12 bits per heavy atom. The monoisotopic (exact) mass is 496 g/mol. The van der Waals surface area contributed by atoms with Gasteiger partial charge in [0.2, 0.25) is 0 Å². The molecular formula is C18H33IN4O2S. The van der Waals surface area contributed by atoms with Gasteiger partial charge in [-0.3, -0.25) is 4.99 Å². The molecule has 2 N–H and O–H groups in total. The topological polar surface area (TPSA) is 73.8 Å². The van der Waals surface area contributed by atoms with Crippen molar-refractivity contribution in [1.29, 1.82) is 0 Å². The summed E-state index contributed by atoms with van der Waals surface area (Å²) in [5.74, 6) is 0.945. The summed E-state index contributed by atoms with van der Waals surface area (Å²) in [6.45, 7) is 8.21. The van der Waals surface area contributed by atoms with E-state index >= 15 is 0 Å². The van der Waals surface area contributed by atoms with Crippen LogP contribution in [0.4, 0.5) is 5.69 Å². The maximum atomic E-state index is 11.1. The average molecular weight is 496 g/mol. The molecule has 0 saturated heterocycles. The first-order valence-electron chi connectivity index (χ1n) is 8.96. The minimum atomic E-state index is -2.90. The molecule has 6 nitrogen and oxygen atoms in total. The van der Waals surface area contributed by atoms with E-state index in [9.17, 15) is 8.42 Å². The smallest absolute Gasteiger partial charge is 0.191 e. The van der Waals surface area contributed by atoms with Crippen LogP contribution in [0.15, 0.2) is 35.3 Å². The third-order valence-corrected chi connectivity index (χ3v) is 4.72. The van der Waals surface area contributed by atoms with Gasteiger partial charge in [0.05, 0.1) is 5.75 Å². The summed E-state index contributed by atoms with van der Waals surface area (Å²) in [4.78, 5) is 6.90. The Labute approximate surface area is 175 Å². The lowest BCUT2D eigenvalue weighted by Gasteiger charge is -2.22. The molecule has 0 aliphatic heterocycles. The zero-order valence-corrected chi connectivity index (χ0v) is 19.2. The van der Waals surface area contributed by atoms with E-state index in [2.05, 4.69) is 51.7 Å². The molecule has 0 aliphatic carbocycles. The summed E-state index contributed by atoms with van der Waals surface area (Å²) in [7, 11) is -2.90. The highest BCUT2D eigenvalue weighted by Crippen LogP contribution is 2.12. The Morgan fingerprint density at radius 2 is 1.81 bits per heavy atom. The van der Waals surface area contributed by atoms with Gasteiger partial charge in [-0.2, -0.15) is 0 Å². The average Bonchev–Trinajstić information content (AvgIpc) is 2.58. The summed E-state index contributed by atoms with van der Waals surface area (Å²) in [5, 5.41) is 6.38. The van der Waals surface area contributed by atoms with Crippen molar-refractivity contribution in [2.75, 3.05) is 49.6 Å². The van der Waals surface area contributed by atoms with Gasteiger partial charge in [0, 0.05) is 44.7 Å². The van der Waals surface area contributed by atoms with Crippen LogP contribution in [0, 0.1) is 0 Å². The van der Waals surface area contributed by atoms with E-state index in [1.54, 1.807) is 0 Å². The molecule has 0 bridgehead atoms. The summed E-state index contributed by atoms with van der Waals surface area (Å²) in [6.07, 6.45) is 2.81. The predicted molar refractivity (Wildman–Crippen MR) is 123 cm³/mol. The lowest BCUT2D eigenvalue weighted by Crippen LogP contribution is -2.38. The van der Waals surface area contributed by atoms with E-state index in [1.807, 2.05) is 13.0 Å². The standard InChI is InChI=1S/C18H32N4O2S.HI/c1-4-19-18(21-14-10-16-25(3,23)24)20-13-9-15-22(5-2)17-11-7-6-8-12-17;/h6-8,11-12H,4-5,9-10,13-16H2,1-3H3,(H2,19,20,21);1H. The first kappa shape index (κ1) is 25.0. The van der Waals surface area contributed by atoms with Crippen LogP contribution in [0.3, 0.4) is 0 Å². The summed E-state index contributed by atoms with van der Waals surface area (Å²) in [6, 6.07) is 10.4. The lowest BCUT2D eigenvalue weighted by molar-refractivity contribution is 0.598. The van der Waals surface area contributed by atoms with Crippen molar-refractivity contribution >= 4 is 45.5 Å². The van der Waals surface area contributed by atoms with E-state index in [4.69, 9.17) is 0 Å². The van der Waals surface area contributed by atoms with E-state index in [1.165, 1.54) is 11.9 Å². The zero-order chi connectivity index (χ0) is 18.5. The third-order valence-electron chi connectivity index (χ3n) is 3.69. The number of rotatable bonds is 11. The fourth-order valence-electron chi connectivity index (χ4n) is 2.44. The van der Waals surface area contributed by atoms with E-state index in [0.717, 1.165) is 38.6 Å². The van der Waals surface area contributed by atoms with Crippen LogP contribution in [-0.2, 0) is 9.84 Å². The number of halogens is 1. The summed E-state index contributed by atoms with van der Waals surface area (Å²) in [5.41, 5.74) is 1.24. The third kappa shape index (κ3) is 11.6. The number of guanidine groups is 1. The van der Waals surface area contributed by atoms with Gasteiger partial charge in [-0.05, 0) is 38.8 Å². The van der Waals surface area contributed by atoms with Crippen molar-refractivity contribution in [2.24, 2.45) is 4.99 Å². The van der Waals surface area contributed by atoms with Crippen LogP contribution in [0.2, 0.25) is 0 Å². The van der Waals surface area contributed by atoms with Crippen molar-refractivity contribution in [3.05, 3.63) is 30.3 Å². The fourth-order valence-corrected chi connectivity index (χ4v) is 3.11. The van der Waals surface area contributed by atoms with Gasteiger partial charge < -0.3 is 15.5 Å². The number of hydrogen-bond acceptors (Lipinski definition) is 4. The summed E-state index contributed by atoms with van der Waals surface area (Å²) < 4.78 is 22.3. The molecule has 0 saturated carbocycles. The predicted octanol–water partition coefficient (Wildman–Crippen LogP) is 2.51. The highest BCUT2D eigenvalue weighted by molar-refractivity contribution is 14.0. The molecule has 0 spiro atoms. The van der Waals surface area contributed by atoms with E-state index in [-0.39, 0.29) is 29.7 Å². The Bertz CT molecular complexity index is 609. The molecule has 0 amide bonds. The molecule has 0 unspecified atom stereocenters. The van der Waals surface area contributed by atoms with Gasteiger partial charge in [0.1, 0.15) is 9.84 Å². The number of sulfone groups is 1.